The Balaban J connectivity index is 1.58. The summed E-state index contributed by atoms with van der Waals surface area (Å²) in [6.07, 6.45) is 0. The minimum absolute atomic E-state index is 0.788. The van der Waals surface area contributed by atoms with Gasteiger partial charge >= 0.3 is 0 Å². The molecule has 0 spiro atoms. The van der Waals surface area contributed by atoms with Crippen LogP contribution in [0, 0.1) is 20.8 Å². The molecule has 0 saturated carbocycles. The van der Waals surface area contributed by atoms with Crippen LogP contribution in [0.4, 0.5) is 5.69 Å². The topological polar surface area (TPSA) is 38.2 Å². The van der Waals surface area contributed by atoms with E-state index in [-0.39, 0.29) is 0 Å². The van der Waals surface area contributed by atoms with Gasteiger partial charge in [-0.2, -0.15) is 0 Å². The average Bonchev–Trinajstić information content (AvgIpc) is 2.73. The van der Waals surface area contributed by atoms with Crippen LogP contribution in [0.2, 0.25) is 0 Å². The number of anilines is 1. The first-order chi connectivity index (χ1) is 13.9. The van der Waals surface area contributed by atoms with Gasteiger partial charge in [0.05, 0.1) is 40.4 Å². The molecule has 6 heteroatoms. The molecule has 0 unspecified atom stereocenters. The molecule has 0 atom stereocenters. The predicted molar refractivity (Wildman–Crippen MR) is 122 cm³/mol. The maximum absolute atomic E-state index is 5.68. The summed E-state index contributed by atoms with van der Waals surface area (Å²) in [7, 11) is 3.36. The van der Waals surface area contributed by atoms with Gasteiger partial charge in [0.15, 0.2) is 16.6 Å². The Morgan fingerprint density at radius 3 is 2.34 bits per heavy atom. The molecule has 0 aromatic heterocycles. The zero-order valence-electron chi connectivity index (χ0n) is 18.1. The summed E-state index contributed by atoms with van der Waals surface area (Å²) in [4.78, 5) is 3.84. The first-order valence-corrected chi connectivity index (χ1v) is 10.5. The highest BCUT2D eigenvalue weighted by atomic mass is 32.1. The molecule has 2 N–H and O–H groups in total. The quantitative estimate of drug-likeness (QED) is 0.736. The maximum atomic E-state index is 5.68. The van der Waals surface area contributed by atoms with Gasteiger partial charge in [-0.1, -0.05) is 12.1 Å². The highest BCUT2D eigenvalue weighted by Crippen LogP contribution is 2.30. The molecule has 1 heterocycles. The summed E-state index contributed by atoms with van der Waals surface area (Å²) in [6, 6.07) is 10.5. The van der Waals surface area contributed by atoms with Crippen molar-refractivity contribution in [2.45, 2.75) is 27.3 Å². The Hall–Kier alpha value is -2.31. The highest BCUT2D eigenvalue weighted by Gasteiger charge is 2.23. The lowest BCUT2D eigenvalue weighted by Crippen LogP contribution is -3.13. The second-order valence-electron chi connectivity index (χ2n) is 7.73. The summed E-state index contributed by atoms with van der Waals surface area (Å²) >= 11 is 5.68. The molecule has 156 valence electrons. The monoisotopic (exact) mass is 414 g/mol. The van der Waals surface area contributed by atoms with E-state index in [0.717, 1.165) is 55.0 Å². The third-order valence-corrected chi connectivity index (χ3v) is 6.25. The third kappa shape index (κ3) is 5.00. The number of aryl methyl sites for hydroxylation is 2. The molecule has 2 aromatic carbocycles. The van der Waals surface area contributed by atoms with Gasteiger partial charge in [-0.3, -0.25) is 0 Å². The van der Waals surface area contributed by atoms with Crippen LogP contribution in [0.1, 0.15) is 22.3 Å². The van der Waals surface area contributed by atoms with Crippen LogP contribution in [0.5, 0.6) is 11.5 Å². The number of rotatable bonds is 5. The molecule has 3 rings (SSSR count). The Morgan fingerprint density at radius 2 is 1.69 bits per heavy atom. The zero-order chi connectivity index (χ0) is 21.0. The van der Waals surface area contributed by atoms with Gasteiger partial charge < -0.3 is 24.6 Å². The molecular weight excluding hydrogens is 382 g/mol. The van der Waals surface area contributed by atoms with Crippen molar-refractivity contribution >= 4 is 23.0 Å². The number of methoxy groups -OCH3 is 2. The minimum atomic E-state index is 0.788. The summed E-state index contributed by atoms with van der Waals surface area (Å²) < 4.78 is 10.9. The van der Waals surface area contributed by atoms with Crippen LogP contribution >= 0.6 is 12.2 Å². The molecular formula is C23H32N3O2S+. The first kappa shape index (κ1) is 21.4. The third-order valence-electron chi connectivity index (χ3n) is 5.89. The van der Waals surface area contributed by atoms with Gasteiger partial charge in [-0.25, -0.2) is 0 Å². The number of nitrogens with one attached hydrogen (secondary N) is 2. The summed E-state index contributed by atoms with van der Waals surface area (Å²) in [5.41, 5.74) is 6.18. The van der Waals surface area contributed by atoms with Crippen molar-refractivity contribution in [3.63, 3.8) is 0 Å². The van der Waals surface area contributed by atoms with Crippen molar-refractivity contribution in [3.05, 3.63) is 52.6 Å². The van der Waals surface area contributed by atoms with E-state index in [1.165, 1.54) is 22.3 Å². The van der Waals surface area contributed by atoms with Crippen molar-refractivity contribution in [3.8, 4) is 11.5 Å². The first-order valence-electron chi connectivity index (χ1n) is 10.1. The molecule has 0 aliphatic carbocycles. The van der Waals surface area contributed by atoms with Gasteiger partial charge in [0.2, 0.25) is 0 Å². The van der Waals surface area contributed by atoms with Crippen molar-refractivity contribution in [2.24, 2.45) is 0 Å². The van der Waals surface area contributed by atoms with E-state index >= 15 is 0 Å². The lowest BCUT2D eigenvalue weighted by Gasteiger charge is -2.34. The number of hydrogen-bond donors (Lipinski definition) is 2. The smallest absolute Gasteiger partial charge is 0.173 e. The predicted octanol–water partition coefficient (Wildman–Crippen LogP) is 2.73. The molecule has 1 aliphatic rings. The standard InChI is InChI=1S/C23H31N3O2S/c1-16-7-6-8-20(18(16)3)24-23(29)26-11-9-25(10-12-26)15-19-14-22(28-5)21(27-4)13-17(19)2/h6-8,13-14H,9-12,15H2,1-5H3,(H,24,29)/p+1. The van der Waals surface area contributed by atoms with Crippen LogP contribution < -0.4 is 19.7 Å². The number of piperazine rings is 1. The van der Waals surface area contributed by atoms with E-state index in [1.54, 1.807) is 19.1 Å². The molecule has 0 bridgehead atoms. The number of quaternary nitrogens is 1. The van der Waals surface area contributed by atoms with E-state index in [2.05, 4.69) is 61.3 Å². The van der Waals surface area contributed by atoms with Crippen LogP contribution in [0.15, 0.2) is 30.3 Å². The second-order valence-corrected chi connectivity index (χ2v) is 8.11. The lowest BCUT2D eigenvalue weighted by atomic mass is 10.1. The van der Waals surface area contributed by atoms with Crippen molar-refractivity contribution in [2.75, 3.05) is 45.7 Å². The number of ether oxygens (including phenoxy) is 2. The normalized spacial score (nSPS) is 14.6. The number of benzene rings is 2. The summed E-state index contributed by atoms with van der Waals surface area (Å²) in [5.74, 6) is 1.58. The molecule has 5 nitrogen and oxygen atoms in total. The van der Waals surface area contributed by atoms with E-state index in [4.69, 9.17) is 21.7 Å². The Labute approximate surface area is 179 Å². The lowest BCUT2D eigenvalue weighted by molar-refractivity contribution is -0.917. The fraction of sp³-hybridized carbons (Fsp3) is 0.435. The molecule has 1 aliphatic heterocycles. The highest BCUT2D eigenvalue weighted by molar-refractivity contribution is 7.80. The van der Waals surface area contributed by atoms with Gasteiger partial charge in [0.25, 0.3) is 0 Å². The van der Waals surface area contributed by atoms with Crippen LogP contribution in [-0.2, 0) is 6.54 Å². The minimum Gasteiger partial charge on any atom is -0.493 e. The van der Waals surface area contributed by atoms with Crippen LogP contribution in [-0.4, -0.2) is 50.4 Å². The molecule has 1 fully saturated rings. The molecule has 0 amide bonds. The largest absolute Gasteiger partial charge is 0.493 e. The average molecular weight is 415 g/mol. The fourth-order valence-corrected chi connectivity index (χ4v) is 4.06. The Morgan fingerprint density at radius 1 is 1.03 bits per heavy atom. The van der Waals surface area contributed by atoms with E-state index < -0.39 is 0 Å². The van der Waals surface area contributed by atoms with Crippen molar-refractivity contribution in [1.82, 2.24) is 4.90 Å². The maximum Gasteiger partial charge on any atom is 0.173 e. The van der Waals surface area contributed by atoms with E-state index in [9.17, 15) is 0 Å². The molecule has 1 saturated heterocycles. The summed E-state index contributed by atoms with van der Waals surface area (Å²) in [5, 5.41) is 4.26. The Bertz CT molecular complexity index is 877. The SMILES string of the molecule is COc1cc(C)c(C[NH+]2CCN(C(=S)Nc3cccc(C)c3C)CC2)cc1OC. The van der Waals surface area contributed by atoms with E-state index in [1.807, 2.05) is 0 Å². The van der Waals surface area contributed by atoms with Crippen molar-refractivity contribution < 1.29 is 14.4 Å². The number of hydrogen-bond acceptors (Lipinski definition) is 3. The molecule has 2 aromatic rings. The van der Waals surface area contributed by atoms with Gasteiger partial charge in [0.1, 0.15) is 6.54 Å². The van der Waals surface area contributed by atoms with Gasteiger partial charge in [-0.15, -0.1) is 0 Å². The second kappa shape index (κ2) is 9.46. The number of thiocarbonyl (C=S) groups is 1. The molecule has 29 heavy (non-hydrogen) atoms. The fourth-order valence-electron chi connectivity index (χ4n) is 3.77. The summed E-state index contributed by atoms with van der Waals surface area (Å²) in [6.45, 7) is 11.4. The molecule has 0 radical (unpaired) electrons. The number of nitrogens with zero attached hydrogens (tertiary/aromatic N) is 1. The Kier molecular flexibility index (Phi) is 6.98. The zero-order valence-corrected chi connectivity index (χ0v) is 18.9. The van der Waals surface area contributed by atoms with Crippen LogP contribution in [0.25, 0.3) is 0 Å². The van der Waals surface area contributed by atoms with Crippen LogP contribution in [0.3, 0.4) is 0 Å². The van der Waals surface area contributed by atoms with Gasteiger partial charge in [0, 0.05) is 11.3 Å². The van der Waals surface area contributed by atoms with E-state index in [0.29, 0.717) is 0 Å². The van der Waals surface area contributed by atoms with Gasteiger partial charge in [-0.05, 0) is 67.9 Å². The van der Waals surface area contributed by atoms with Crippen molar-refractivity contribution in [1.29, 1.82) is 0 Å².